The zero-order valence-electron chi connectivity index (χ0n) is 12.3. The minimum atomic E-state index is -0.272. The van der Waals surface area contributed by atoms with Gasteiger partial charge in [-0.05, 0) is 51.9 Å². The molecule has 1 fully saturated rings. The van der Waals surface area contributed by atoms with Gasteiger partial charge in [0.1, 0.15) is 5.03 Å². The van der Waals surface area contributed by atoms with Crippen molar-refractivity contribution in [3.63, 3.8) is 0 Å². The second-order valence-corrected chi connectivity index (χ2v) is 5.25. The Hall–Kier alpha value is -0.740. The Morgan fingerprint density at radius 1 is 1.42 bits per heavy atom. The number of ether oxygens (including phenoxy) is 2. The topological polar surface area (TPSA) is 30.8 Å². The lowest BCUT2D eigenvalue weighted by molar-refractivity contribution is -0.0959. The number of allylic oxidation sites excluding steroid dienone is 1. The Labute approximate surface area is 121 Å². The highest BCUT2D eigenvalue weighted by molar-refractivity contribution is 8.02. The summed E-state index contributed by atoms with van der Waals surface area (Å²) in [5, 5.41) is 0.901. The molecule has 1 unspecified atom stereocenters. The van der Waals surface area contributed by atoms with Crippen LogP contribution in [0.15, 0.2) is 28.4 Å². The Morgan fingerprint density at radius 3 is 2.63 bits per heavy atom. The van der Waals surface area contributed by atoms with E-state index in [9.17, 15) is 0 Å². The third-order valence-electron chi connectivity index (χ3n) is 2.97. The van der Waals surface area contributed by atoms with Crippen molar-refractivity contribution in [1.29, 1.82) is 0 Å². The molecule has 1 saturated carbocycles. The molecule has 0 bridgehead atoms. The molecule has 108 valence electrons. The number of aliphatic imine (C=N–C) groups is 1. The highest BCUT2D eigenvalue weighted by atomic mass is 32.2. The van der Waals surface area contributed by atoms with Gasteiger partial charge in [-0.1, -0.05) is 13.0 Å². The minimum Gasteiger partial charge on any atom is -0.462 e. The van der Waals surface area contributed by atoms with Crippen LogP contribution in [0.1, 0.15) is 46.0 Å². The summed E-state index contributed by atoms with van der Waals surface area (Å²) in [6, 6.07) is 0. The van der Waals surface area contributed by atoms with Crippen molar-refractivity contribution in [3.05, 3.63) is 23.4 Å². The van der Waals surface area contributed by atoms with Gasteiger partial charge in [0.15, 0.2) is 12.0 Å². The van der Waals surface area contributed by atoms with Gasteiger partial charge in [-0.2, -0.15) is 0 Å². The van der Waals surface area contributed by atoms with Crippen LogP contribution < -0.4 is 0 Å². The van der Waals surface area contributed by atoms with Crippen molar-refractivity contribution in [2.75, 3.05) is 12.9 Å². The Balaban J connectivity index is 2.80. The van der Waals surface area contributed by atoms with Crippen molar-refractivity contribution in [2.24, 2.45) is 4.99 Å². The molecule has 0 radical (unpaired) electrons. The quantitative estimate of drug-likeness (QED) is 0.391. The highest BCUT2D eigenvalue weighted by Crippen LogP contribution is 2.25. The number of hydrogen-bond acceptors (Lipinski definition) is 4. The van der Waals surface area contributed by atoms with Crippen molar-refractivity contribution in [3.8, 4) is 0 Å². The lowest BCUT2D eigenvalue weighted by Gasteiger charge is -2.17. The minimum absolute atomic E-state index is 0.272. The standard InChI is InChI=1S/C15H25NO2S/c1-5-14(18-12(3)17-6-2)15(19-4)16-13-10-8-7-9-11-13/h5,12H,1,6-11H2,2-4H3. The van der Waals surface area contributed by atoms with E-state index in [1.807, 2.05) is 20.1 Å². The average molecular weight is 283 g/mol. The normalized spacial score (nSPS) is 18.6. The van der Waals surface area contributed by atoms with E-state index in [0.29, 0.717) is 12.4 Å². The van der Waals surface area contributed by atoms with E-state index in [-0.39, 0.29) is 6.29 Å². The largest absolute Gasteiger partial charge is 0.462 e. The van der Waals surface area contributed by atoms with Gasteiger partial charge in [-0.3, -0.25) is 0 Å². The molecule has 0 heterocycles. The monoisotopic (exact) mass is 283 g/mol. The van der Waals surface area contributed by atoms with Crippen molar-refractivity contribution >= 4 is 17.5 Å². The summed E-state index contributed by atoms with van der Waals surface area (Å²) in [4.78, 5) is 4.75. The van der Waals surface area contributed by atoms with Crippen LogP contribution >= 0.6 is 11.8 Å². The summed E-state index contributed by atoms with van der Waals surface area (Å²) in [7, 11) is 0. The molecule has 0 N–H and O–H groups in total. The molecule has 4 heteroatoms. The van der Waals surface area contributed by atoms with E-state index in [4.69, 9.17) is 14.5 Å². The Morgan fingerprint density at radius 2 is 2.11 bits per heavy atom. The first kappa shape index (κ1) is 16.3. The molecule has 1 rings (SSSR count). The third-order valence-corrected chi connectivity index (χ3v) is 3.65. The summed E-state index contributed by atoms with van der Waals surface area (Å²) in [5.41, 5.74) is 1.28. The zero-order valence-corrected chi connectivity index (χ0v) is 13.1. The summed E-state index contributed by atoms with van der Waals surface area (Å²) < 4.78 is 11.1. The van der Waals surface area contributed by atoms with Crippen LogP contribution in [0.2, 0.25) is 0 Å². The van der Waals surface area contributed by atoms with Gasteiger partial charge >= 0.3 is 0 Å². The van der Waals surface area contributed by atoms with Crippen LogP contribution in [-0.2, 0) is 9.47 Å². The smallest absolute Gasteiger partial charge is 0.197 e. The molecule has 0 saturated heterocycles. The number of thioether (sulfide) groups is 1. The SMILES string of the molecule is C=CC(OC(C)OCC)=C(N=C1CCCCC1)SC. The van der Waals surface area contributed by atoms with Gasteiger partial charge in [0.2, 0.25) is 0 Å². The zero-order chi connectivity index (χ0) is 14.1. The van der Waals surface area contributed by atoms with Gasteiger partial charge in [-0.25, -0.2) is 4.99 Å². The Bertz CT molecular complexity index is 342. The summed E-state index contributed by atoms with van der Waals surface area (Å²) in [5.74, 6) is 0.714. The first-order valence-electron chi connectivity index (χ1n) is 6.96. The van der Waals surface area contributed by atoms with Crippen LogP contribution in [0, 0.1) is 0 Å². The van der Waals surface area contributed by atoms with E-state index in [1.165, 1.54) is 25.0 Å². The van der Waals surface area contributed by atoms with E-state index >= 15 is 0 Å². The van der Waals surface area contributed by atoms with Gasteiger partial charge in [0, 0.05) is 12.3 Å². The fraction of sp³-hybridized carbons (Fsp3) is 0.667. The molecular weight excluding hydrogens is 258 g/mol. The predicted octanol–water partition coefficient (Wildman–Crippen LogP) is 4.51. The van der Waals surface area contributed by atoms with Crippen LogP contribution in [-0.4, -0.2) is 24.9 Å². The highest BCUT2D eigenvalue weighted by Gasteiger charge is 2.12. The number of nitrogens with zero attached hydrogens (tertiary/aromatic N) is 1. The summed E-state index contributed by atoms with van der Waals surface area (Å²) >= 11 is 1.60. The molecule has 0 aromatic carbocycles. The van der Waals surface area contributed by atoms with Crippen molar-refractivity contribution in [2.45, 2.75) is 52.2 Å². The Kier molecular flexibility index (Phi) is 7.91. The first-order valence-corrected chi connectivity index (χ1v) is 8.19. The molecule has 19 heavy (non-hydrogen) atoms. The number of rotatable bonds is 7. The maximum atomic E-state index is 5.75. The van der Waals surface area contributed by atoms with Gasteiger partial charge < -0.3 is 9.47 Å². The van der Waals surface area contributed by atoms with Crippen LogP contribution in [0.5, 0.6) is 0 Å². The fourth-order valence-electron chi connectivity index (χ4n) is 2.05. The maximum Gasteiger partial charge on any atom is 0.197 e. The van der Waals surface area contributed by atoms with Crippen LogP contribution in [0.25, 0.3) is 0 Å². The van der Waals surface area contributed by atoms with E-state index in [2.05, 4.69) is 6.58 Å². The van der Waals surface area contributed by atoms with Gasteiger partial charge in [0.05, 0.1) is 0 Å². The van der Waals surface area contributed by atoms with E-state index in [1.54, 1.807) is 17.8 Å². The lowest BCUT2D eigenvalue weighted by atomic mass is 9.99. The number of hydrogen-bond donors (Lipinski definition) is 0. The second kappa shape index (κ2) is 9.21. The molecule has 0 aliphatic heterocycles. The molecule has 0 aromatic heterocycles. The van der Waals surface area contributed by atoms with Crippen LogP contribution in [0.4, 0.5) is 0 Å². The molecular formula is C15H25NO2S. The van der Waals surface area contributed by atoms with Crippen molar-refractivity contribution < 1.29 is 9.47 Å². The van der Waals surface area contributed by atoms with Gasteiger partial charge in [0.25, 0.3) is 0 Å². The summed E-state index contributed by atoms with van der Waals surface area (Å²) in [6.45, 7) is 8.29. The van der Waals surface area contributed by atoms with E-state index in [0.717, 1.165) is 17.9 Å². The molecule has 1 atom stereocenters. The van der Waals surface area contributed by atoms with Gasteiger partial charge in [-0.15, -0.1) is 11.8 Å². The molecule has 0 spiro atoms. The molecule has 3 nitrogen and oxygen atoms in total. The first-order chi connectivity index (χ1) is 9.21. The molecule has 1 aliphatic rings. The van der Waals surface area contributed by atoms with Crippen molar-refractivity contribution in [1.82, 2.24) is 0 Å². The molecule has 0 aromatic rings. The van der Waals surface area contributed by atoms with E-state index < -0.39 is 0 Å². The maximum absolute atomic E-state index is 5.75. The molecule has 1 aliphatic carbocycles. The molecule has 0 amide bonds. The average Bonchev–Trinajstić information content (AvgIpc) is 2.44. The lowest BCUT2D eigenvalue weighted by Crippen LogP contribution is -2.13. The third kappa shape index (κ3) is 5.83. The van der Waals surface area contributed by atoms with Crippen LogP contribution in [0.3, 0.4) is 0 Å². The summed E-state index contributed by atoms with van der Waals surface area (Å²) in [6.07, 6.45) is 9.50. The fourth-order valence-corrected chi connectivity index (χ4v) is 2.60. The predicted molar refractivity (Wildman–Crippen MR) is 83.4 cm³/mol. The second-order valence-electron chi connectivity index (χ2n) is 4.46.